The van der Waals surface area contributed by atoms with Crippen LogP contribution in [0.1, 0.15) is 0 Å². The molecule has 0 aliphatic carbocycles. The van der Waals surface area contributed by atoms with Crippen LogP contribution in [0.3, 0.4) is 0 Å². The van der Waals surface area contributed by atoms with Crippen molar-refractivity contribution in [1.82, 2.24) is 4.90 Å². The summed E-state index contributed by atoms with van der Waals surface area (Å²) in [7, 11) is 0. The molecular weight excluding hydrogens is 268 g/mol. The van der Waals surface area contributed by atoms with E-state index in [0.29, 0.717) is 0 Å². The van der Waals surface area contributed by atoms with Crippen LogP contribution in [0.4, 0.5) is 5.69 Å². The van der Waals surface area contributed by atoms with Crippen LogP contribution >= 0.6 is 0 Å². The van der Waals surface area contributed by atoms with E-state index < -0.39 is 23.0 Å². The third-order valence-electron chi connectivity index (χ3n) is 3.02. The highest BCUT2D eigenvalue weighted by atomic mass is 16.6. The number of amides is 1. The topological polar surface area (TPSA) is 113 Å². The predicted octanol–water partition coefficient (Wildman–Crippen LogP) is -0.462. The maximum Gasteiger partial charge on any atom is 0.310 e. The number of nitro benzene ring substituents is 1. The fourth-order valence-corrected chi connectivity index (χ4v) is 1.93. The Bertz CT molecular complexity index is 510. The van der Waals surface area contributed by atoms with E-state index >= 15 is 0 Å². The lowest BCUT2D eigenvalue weighted by atomic mass is 10.3. The van der Waals surface area contributed by atoms with Gasteiger partial charge >= 0.3 is 5.69 Å². The largest absolute Gasteiger partial charge is 0.477 e. The summed E-state index contributed by atoms with van der Waals surface area (Å²) in [6.45, 7) is -0.329. The molecule has 2 atom stereocenters. The fourth-order valence-electron chi connectivity index (χ4n) is 1.93. The average Bonchev–Trinajstić information content (AvgIpc) is 2.76. The minimum atomic E-state index is -0.968. The van der Waals surface area contributed by atoms with Gasteiger partial charge in [-0.1, -0.05) is 12.1 Å². The number of hydrogen-bond donors (Lipinski definition) is 2. The lowest BCUT2D eigenvalue weighted by Crippen LogP contribution is -2.34. The fraction of sp³-hybridized carbons (Fsp3) is 0.417. The van der Waals surface area contributed by atoms with Crippen LogP contribution in [-0.2, 0) is 4.79 Å². The molecule has 0 bridgehead atoms. The van der Waals surface area contributed by atoms with Gasteiger partial charge in [-0.05, 0) is 6.07 Å². The van der Waals surface area contributed by atoms with Crippen LogP contribution in [0.2, 0.25) is 0 Å². The van der Waals surface area contributed by atoms with Crippen molar-refractivity contribution in [1.29, 1.82) is 0 Å². The van der Waals surface area contributed by atoms with Gasteiger partial charge in [-0.2, -0.15) is 0 Å². The number of β-amino-alcohol motifs (C(OH)–C–C–N with tert-alkyl or cyclic N) is 2. The molecule has 1 aromatic rings. The first-order valence-corrected chi connectivity index (χ1v) is 5.99. The predicted molar refractivity (Wildman–Crippen MR) is 67.2 cm³/mol. The van der Waals surface area contributed by atoms with Crippen molar-refractivity contribution in [2.24, 2.45) is 0 Å². The van der Waals surface area contributed by atoms with Crippen molar-refractivity contribution in [3.63, 3.8) is 0 Å². The summed E-state index contributed by atoms with van der Waals surface area (Å²) in [4.78, 5) is 23.2. The zero-order valence-corrected chi connectivity index (χ0v) is 10.5. The number of benzene rings is 1. The number of carbonyl (C=O) groups is 1. The number of rotatable bonds is 4. The number of nitrogens with zero attached hydrogens (tertiary/aromatic N) is 2. The Labute approximate surface area is 114 Å². The van der Waals surface area contributed by atoms with Crippen LogP contribution < -0.4 is 4.74 Å². The number of likely N-dealkylation sites (tertiary alicyclic amines) is 1. The molecule has 108 valence electrons. The van der Waals surface area contributed by atoms with E-state index in [1.165, 1.54) is 23.1 Å². The average molecular weight is 282 g/mol. The molecule has 1 heterocycles. The van der Waals surface area contributed by atoms with Crippen LogP contribution in [-0.4, -0.2) is 57.8 Å². The molecular formula is C12H14N2O6. The van der Waals surface area contributed by atoms with Gasteiger partial charge in [0.15, 0.2) is 12.4 Å². The first-order valence-electron chi connectivity index (χ1n) is 5.99. The summed E-state index contributed by atoms with van der Waals surface area (Å²) in [5, 5.41) is 29.5. The van der Waals surface area contributed by atoms with E-state index in [1.807, 2.05) is 0 Å². The Morgan fingerprint density at radius 3 is 2.55 bits per heavy atom. The summed E-state index contributed by atoms with van der Waals surface area (Å²) >= 11 is 0. The van der Waals surface area contributed by atoms with Gasteiger partial charge in [0, 0.05) is 19.2 Å². The van der Waals surface area contributed by atoms with Crippen LogP contribution in [0, 0.1) is 10.1 Å². The Hall–Kier alpha value is -2.19. The molecule has 0 saturated carbocycles. The van der Waals surface area contributed by atoms with E-state index in [4.69, 9.17) is 4.74 Å². The first kappa shape index (κ1) is 14.2. The highest BCUT2D eigenvalue weighted by molar-refractivity contribution is 5.78. The van der Waals surface area contributed by atoms with Gasteiger partial charge in [-0.25, -0.2) is 0 Å². The van der Waals surface area contributed by atoms with Gasteiger partial charge in [0.1, 0.15) is 0 Å². The number of nitro groups is 1. The number of para-hydroxylation sites is 2. The summed E-state index contributed by atoms with van der Waals surface area (Å²) in [5.41, 5.74) is -0.221. The van der Waals surface area contributed by atoms with Crippen molar-refractivity contribution in [2.75, 3.05) is 19.7 Å². The highest BCUT2D eigenvalue weighted by Crippen LogP contribution is 2.25. The molecule has 0 unspecified atom stereocenters. The van der Waals surface area contributed by atoms with Gasteiger partial charge in [0.2, 0.25) is 0 Å². The summed E-state index contributed by atoms with van der Waals surface area (Å²) < 4.78 is 5.15. The van der Waals surface area contributed by atoms with Crippen LogP contribution in [0.25, 0.3) is 0 Å². The van der Waals surface area contributed by atoms with E-state index in [2.05, 4.69) is 0 Å². The summed E-state index contributed by atoms with van der Waals surface area (Å²) in [6.07, 6.45) is -1.94. The zero-order valence-electron chi connectivity index (χ0n) is 10.5. The highest BCUT2D eigenvalue weighted by Gasteiger charge is 2.32. The molecule has 0 aromatic heterocycles. The molecule has 20 heavy (non-hydrogen) atoms. The molecule has 1 saturated heterocycles. The number of aliphatic hydroxyl groups excluding tert-OH is 2. The molecule has 2 rings (SSSR count). The van der Waals surface area contributed by atoms with E-state index in [1.54, 1.807) is 6.07 Å². The molecule has 8 heteroatoms. The Kier molecular flexibility index (Phi) is 4.16. The Morgan fingerprint density at radius 1 is 1.35 bits per heavy atom. The van der Waals surface area contributed by atoms with Crippen molar-refractivity contribution >= 4 is 11.6 Å². The van der Waals surface area contributed by atoms with E-state index in [9.17, 15) is 25.1 Å². The van der Waals surface area contributed by atoms with Crippen molar-refractivity contribution in [3.05, 3.63) is 34.4 Å². The standard InChI is InChI=1S/C12H14N2O6/c15-9-5-13(6-10(9)16)12(17)7-20-11-4-2-1-3-8(11)14(18)19/h1-4,9-10,15-16H,5-7H2/t9-,10+. The third-order valence-corrected chi connectivity index (χ3v) is 3.02. The SMILES string of the molecule is O=C(COc1ccccc1[N+](=O)[O-])N1C[C@@H](O)[C@@H](O)C1. The monoisotopic (exact) mass is 282 g/mol. The molecule has 1 amide bonds. The minimum Gasteiger partial charge on any atom is -0.477 e. The van der Waals surface area contributed by atoms with Gasteiger partial charge in [-0.15, -0.1) is 0 Å². The van der Waals surface area contributed by atoms with Gasteiger partial charge in [0.25, 0.3) is 5.91 Å². The van der Waals surface area contributed by atoms with Gasteiger partial charge in [0.05, 0.1) is 17.1 Å². The van der Waals surface area contributed by atoms with Crippen molar-refractivity contribution in [2.45, 2.75) is 12.2 Å². The van der Waals surface area contributed by atoms with Crippen molar-refractivity contribution in [3.8, 4) is 5.75 Å². The maximum absolute atomic E-state index is 11.8. The molecule has 2 N–H and O–H groups in total. The quantitative estimate of drug-likeness (QED) is 0.570. The van der Waals surface area contributed by atoms with Crippen LogP contribution in [0.5, 0.6) is 5.75 Å². The molecule has 1 aromatic carbocycles. The second-order valence-electron chi connectivity index (χ2n) is 4.45. The number of ether oxygens (including phenoxy) is 1. The minimum absolute atomic E-state index is 0.00569. The molecule has 1 fully saturated rings. The summed E-state index contributed by atoms with van der Waals surface area (Å²) in [5.74, 6) is -0.440. The molecule has 0 spiro atoms. The Balaban J connectivity index is 1.96. The van der Waals surface area contributed by atoms with Gasteiger partial charge in [-0.3, -0.25) is 14.9 Å². The second kappa shape index (κ2) is 5.85. The van der Waals surface area contributed by atoms with Gasteiger partial charge < -0.3 is 19.8 Å². The number of carbonyl (C=O) groups excluding carboxylic acids is 1. The molecule has 1 aliphatic rings. The lowest BCUT2D eigenvalue weighted by molar-refractivity contribution is -0.385. The molecule has 1 aliphatic heterocycles. The van der Waals surface area contributed by atoms with Crippen LogP contribution in [0.15, 0.2) is 24.3 Å². The number of hydrogen-bond acceptors (Lipinski definition) is 6. The zero-order chi connectivity index (χ0) is 14.7. The van der Waals surface area contributed by atoms with E-state index in [0.717, 1.165) is 0 Å². The third kappa shape index (κ3) is 3.03. The van der Waals surface area contributed by atoms with E-state index in [-0.39, 0.29) is 31.1 Å². The molecule has 0 radical (unpaired) electrons. The smallest absolute Gasteiger partial charge is 0.310 e. The molecule has 8 nitrogen and oxygen atoms in total. The first-order chi connectivity index (χ1) is 9.49. The van der Waals surface area contributed by atoms with Crippen molar-refractivity contribution < 1.29 is 24.7 Å². The normalized spacial score (nSPS) is 21.8. The lowest BCUT2D eigenvalue weighted by Gasteiger charge is -2.15. The Morgan fingerprint density at radius 2 is 1.95 bits per heavy atom. The maximum atomic E-state index is 11.8. The summed E-state index contributed by atoms with van der Waals surface area (Å²) in [6, 6.07) is 5.75. The second-order valence-corrected chi connectivity index (χ2v) is 4.45. The number of aliphatic hydroxyl groups is 2.